The van der Waals surface area contributed by atoms with Gasteiger partial charge in [-0.15, -0.1) is 0 Å². The second-order valence-electron chi connectivity index (χ2n) is 4.68. The lowest BCUT2D eigenvalue weighted by atomic mass is 10.1. The fourth-order valence-corrected chi connectivity index (χ4v) is 2.50. The second kappa shape index (κ2) is 6.03. The van der Waals surface area contributed by atoms with Gasteiger partial charge in [-0.1, -0.05) is 13.8 Å². The topological polar surface area (TPSA) is 95.5 Å². The Morgan fingerprint density at radius 1 is 1.37 bits per heavy atom. The fraction of sp³-hybridized carbons (Fsp3) is 0.417. The van der Waals surface area contributed by atoms with Crippen molar-refractivity contribution in [1.82, 2.24) is 4.72 Å². The van der Waals surface area contributed by atoms with Crippen LogP contribution in [0, 0.1) is 12.8 Å². The molecule has 0 amide bonds. The van der Waals surface area contributed by atoms with Crippen molar-refractivity contribution in [3.8, 4) is 0 Å². The summed E-state index contributed by atoms with van der Waals surface area (Å²) in [6, 6.07) is 4.28. The van der Waals surface area contributed by atoms with E-state index in [9.17, 15) is 13.2 Å². The van der Waals surface area contributed by atoms with Crippen LogP contribution < -0.4 is 9.44 Å². The summed E-state index contributed by atoms with van der Waals surface area (Å²) in [6.45, 7) is 5.74. The van der Waals surface area contributed by atoms with Crippen LogP contribution in [0.5, 0.6) is 0 Å². The van der Waals surface area contributed by atoms with E-state index in [1.807, 2.05) is 13.8 Å². The summed E-state index contributed by atoms with van der Waals surface area (Å²) in [5, 5.41) is 8.88. The van der Waals surface area contributed by atoms with Gasteiger partial charge >= 0.3 is 5.97 Å². The van der Waals surface area contributed by atoms with Gasteiger partial charge in [-0.25, -0.2) is 4.79 Å². The molecule has 3 N–H and O–H groups in total. The van der Waals surface area contributed by atoms with Crippen molar-refractivity contribution >= 4 is 21.9 Å². The molecule has 0 spiro atoms. The van der Waals surface area contributed by atoms with Crippen LogP contribution in [0.3, 0.4) is 0 Å². The van der Waals surface area contributed by atoms with E-state index >= 15 is 0 Å². The van der Waals surface area contributed by atoms with Crippen LogP contribution in [0.2, 0.25) is 0 Å². The molecule has 1 rings (SSSR count). The second-order valence-corrected chi connectivity index (χ2v) is 6.18. The Bertz CT molecular complexity index is 567. The molecule has 0 radical (unpaired) electrons. The number of hydrogen-bond donors (Lipinski definition) is 3. The minimum absolute atomic E-state index is 0.151. The van der Waals surface area contributed by atoms with Gasteiger partial charge in [-0.2, -0.15) is 13.1 Å². The first-order valence-electron chi connectivity index (χ1n) is 5.82. The third kappa shape index (κ3) is 4.88. The molecular weight excluding hydrogens is 268 g/mol. The molecule has 0 fully saturated rings. The number of aromatic carboxylic acids is 1. The number of anilines is 1. The van der Waals surface area contributed by atoms with Crippen molar-refractivity contribution < 1.29 is 18.3 Å². The number of rotatable bonds is 6. The Hall–Kier alpha value is -1.60. The lowest BCUT2D eigenvalue weighted by Gasteiger charge is -2.12. The van der Waals surface area contributed by atoms with Crippen molar-refractivity contribution in [3.63, 3.8) is 0 Å². The van der Waals surface area contributed by atoms with Crippen LogP contribution >= 0.6 is 0 Å². The van der Waals surface area contributed by atoms with Crippen LogP contribution in [-0.4, -0.2) is 26.0 Å². The minimum Gasteiger partial charge on any atom is -0.478 e. The molecule has 106 valence electrons. The van der Waals surface area contributed by atoms with Crippen LogP contribution in [0.25, 0.3) is 0 Å². The Kier molecular flexibility index (Phi) is 4.90. The average molecular weight is 286 g/mol. The van der Waals surface area contributed by atoms with E-state index in [0.29, 0.717) is 17.8 Å². The summed E-state index contributed by atoms with van der Waals surface area (Å²) >= 11 is 0. The van der Waals surface area contributed by atoms with E-state index in [4.69, 9.17) is 5.11 Å². The SMILES string of the molecule is Cc1cc(NS(=O)(=O)NCC(C)C)ccc1C(=O)O. The van der Waals surface area contributed by atoms with Gasteiger partial charge < -0.3 is 5.11 Å². The van der Waals surface area contributed by atoms with Gasteiger partial charge in [0.2, 0.25) is 0 Å². The number of benzene rings is 1. The van der Waals surface area contributed by atoms with Crippen molar-refractivity contribution in [2.24, 2.45) is 5.92 Å². The minimum atomic E-state index is -3.63. The molecule has 1 aromatic carbocycles. The van der Waals surface area contributed by atoms with E-state index in [1.165, 1.54) is 18.2 Å². The van der Waals surface area contributed by atoms with E-state index in [2.05, 4.69) is 9.44 Å². The van der Waals surface area contributed by atoms with Gasteiger partial charge in [-0.3, -0.25) is 4.72 Å². The number of aryl methyl sites for hydroxylation is 1. The molecule has 1 aromatic rings. The van der Waals surface area contributed by atoms with Gasteiger partial charge in [0, 0.05) is 6.54 Å². The maximum absolute atomic E-state index is 11.7. The van der Waals surface area contributed by atoms with Crippen molar-refractivity contribution in [2.45, 2.75) is 20.8 Å². The van der Waals surface area contributed by atoms with E-state index in [-0.39, 0.29) is 11.5 Å². The summed E-state index contributed by atoms with van der Waals surface area (Å²) in [5.74, 6) is -0.836. The Morgan fingerprint density at radius 2 is 2.00 bits per heavy atom. The summed E-state index contributed by atoms with van der Waals surface area (Å²) < 4.78 is 28.1. The zero-order valence-corrected chi connectivity index (χ0v) is 11.9. The summed E-state index contributed by atoms with van der Waals surface area (Å²) in [6.07, 6.45) is 0. The van der Waals surface area contributed by atoms with Gasteiger partial charge in [-0.05, 0) is 36.6 Å². The third-order valence-corrected chi connectivity index (χ3v) is 3.44. The van der Waals surface area contributed by atoms with Crippen LogP contribution in [0.4, 0.5) is 5.69 Å². The van der Waals surface area contributed by atoms with Crippen LogP contribution in [-0.2, 0) is 10.2 Å². The normalized spacial score (nSPS) is 11.6. The highest BCUT2D eigenvalue weighted by molar-refractivity contribution is 7.90. The van der Waals surface area contributed by atoms with Crippen molar-refractivity contribution in [3.05, 3.63) is 29.3 Å². The summed E-state index contributed by atoms with van der Waals surface area (Å²) in [5.41, 5.74) is 0.980. The molecule has 0 aromatic heterocycles. The first-order chi connectivity index (χ1) is 8.71. The molecule has 6 nitrogen and oxygen atoms in total. The van der Waals surface area contributed by atoms with E-state index < -0.39 is 16.2 Å². The molecule has 0 saturated carbocycles. The molecule has 7 heteroatoms. The summed E-state index contributed by atoms with van der Waals surface area (Å²) in [4.78, 5) is 10.8. The third-order valence-electron chi connectivity index (χ3n) is 2.39. The fourth-order valence-electron chi connectivity index (χ4n) is 1.43. The highest BCUT2D eigenvalue weighted by Gasteiger charge is 2.12. The predicted molar refractivity (Wildman–Crippen MR) is 73.5 cm³/mol. The van der Waals surface area contributed by atoms with Gasteiger partial charge in [0.1, 0.15) is 0 Å². The highest BCUT2D eigenvalue weighted by Crippen LogP contribution is 2.16. The number of carbonyl (C=O) groups is 1. The zero-order chi connectivity index (χ0) is 14.6. The molecule has 0 aliphatic heterocycles. The quantitative estimate of drug-likeness (QED) is 0.740. The highest BCUT2D eigenvalue weighted by atomic mass is 32.2. The van der Waals surface area contributed by atoms with Gasteiger partial charge in [0.05, 0.1) is 11.3 Å². The smallest absolute Gasteiger partial charge is 0.335 e. The maximum atomic E-state index is 11.7. The van der Waals surface area contributed by atoms with Gasteiger partial charge in [0.25, 0.3) is 10.2 Å². The number of carboxylic acid groups (broad SMARTS) is 1. The first kappa shape index (κ1) is 15.5. The molecular formula is C12H18N2O4S. The van der Waals surface area contributed by atoms with Crippen molar-refractivity contribution in [1.29, 1.82) is 0 Å². The zero-order valence-electron chi connectivity index (χ0n) is 11.1. The molecule has 0 unspecified atom stereocenters. The molecule has 0 atom stereocenters. The average Bonchev–Trinajstić information content (AvgIpc) is 2.25. The lowest BCUT2D eigenvalue weighted by Crippen LogP contribution is -2.32. The lowest BCUT2D eigenvalue weighted by molar-refractivity contribution is 0.0696. The maximum Gasteiger partial charge on any atom is 0.335 e. The van der Waals surface area contributed by atoms with E-state index in [0.717, 1.165) is 0 Å². The van der Waals surface area contributed by atoms with Crippen LogP contribution in [0.15, 0.2) is 18.2 Å². The monoisotopic (exact) mass is 286 g/mol. The van der Waals surface area contributed by atoms with Crippen LogP contribution in [0.1, 0.15) is 29.8 Å². The Labute approximate surface area is 113 Å². The van der Waals surface area contributed by atoms with E-state index in [1.54, 1.807) is 6.92 Å². The molecule has 0 saturated heterocycles. The molecule has 19 heavy (non-hydrogen) atoms. The number of nitrogens with one attached hydrogen (secondary N) is 2. The molecule has 0 heterocycles. The van der Waals surface area contributed by atoms with Crippen molar-refractivity contribution in [2.75, 3.05) is 11.3 Å². The largest absolute Gasteiger partial charge is 0.478 e. The molecule has 0 aliphatic carbocycles. The number of carboxylic acids is 1. The standard InChI is InChI=1S/C12H18N2O4S/c1-8(2)7-13-19(17,18)14-10-4-5-11(12(15)16)9(3)6-10/h4-6,8,13-14H,7H2,1-3H3,(H,15,16). The predicted octanol–water partition coefficient (Wildman–Crippen LogP) is 1.60. The Balaban J connectivity index is 2.83. The molecule has 0 aliphatic rings. The molecule has 0 bridgehead atoms. The van der Waals surface area contributed by atoms with Gasteiger partial charge in [0.15, 0.2) is 0 Å². The Morgan fingerprint density at radius 3 is 2.47 bits per heavy atom. The first-order valence-corrected chi connectivity index (χ1v) is 7.31. The summed E-state index contributed by atoms with van der Waals surface area (Å²) in [7, 11) is -3.63. The number of hydrogen-bond acceptors (Lipinski definition) is 3.